The minimum atomic E-state index is -3.48. The number of hydrogen-bond donors (Lipinski definition) is 2. The molecule has 0 heterocycles. The molecule has 6 nitrogen and oxygen atoms in total. The molecule has 2 rings (SSSR count). The number of benzene rings is 1. The highest BCUT2D eigenvalue weighted by Gasteiger charge is 2.20. The first kappa shape index (κ1) is 21.4. The van der Waals surface area contributed by atoms with Crippen molar-refractivity contribution in [2.45, 2.75) is 50.5 Å². The molecular formula is C20H32N4O2S. The van der Waals surface area contributed by atoms with Crippen LogP contribution in [0.25, 0.3) is 0 Å². The van der Waals surface area contributed by atoms with Gasteiger partial charge < -0.3 is 10.6 Å². The van der Waals surface area contributed by atoms with Gasteiger partial charge in [-0.05, 0) is 50.7 Å². The lowest BCUT2D eigenvalue weighted by molar-refractivity contribution is 0.519. The van der Waals surface area contributed by atoms with Gasteiger partial charge in [0.2, 0.25) is 10.0 Å². The van der Waals surface area contributed by atoms with Gasteiger partial charge in [-0.2, -0.15) is 0 Å². The van der Waals surface area contributed by atoms with Crippen molar-refractivity contribution in [3.05, 3.63) is 41.5 Å². The van der Waals surface area contributed by atoms with Crippen molar-refractivity contribution in [1.82, 2.24) is 14.9 Å². The molecule has 2 N–H and O–H groups in total. The Morgan fingerprint density at radius 2 is 1.96 bits per heavy atom. The quantitative estimate of drug-likeness (QED) is 0.405. The number of aliphatic imine (C=N–C) groups is 1. The second-order valence-electron chi connectivity index (χ2n) is 6.88. The van der Waals surface area contributed by atoms with Crippen LogP contribution < -0.4 is 10.6 Å². The van der Waals surface area contributed by atoms with E-state index >= 15 is 0 Å². The Hall–Kier alpha value is -1.86. The topological polar surface area (TPSA) is 73.8 Å². The Balaban J connectivity index is 2.05. The van der Waals surface area contributed by atoms with Crippen LogP contribution in [-0.2, 0) is 16.6 Å². The number of hydrogen-bond acceptors (Lipinski definition) is 3. The number of sulfonamides is 1. The molecule has 0 aliphatic heterocycles. The van der Waals surface area contributed by atoms with Crippen molar-refractivity contribution in [1.29, 1.82) is 0 Å². The second-order valence-corrected chi connectivity index (χ2v) is 9.00. The predicted octanol–water partition coefficient (Wildman–Crippen LogP) is 2.88. The van der Waals surface area contributed by atoms with E-state index in [1.165, 1.54) is 35.6 Å². The van der Waals surface area contributed by atoms with Crippen molar-refractivity contribution >= 4 is 16.0 Å². The Labute approximate surface area is 163 Å². The molecule has 0 radical (unpaired) electrons. The Bertz CT molecular complexity index is 770. The van der Waals surface area contributed by atoms with Crippen LogP contribution in [0, 0.1) is 0 Å². The number of rotatable bonds is 8. The molecular weight excluding hydrogens is 360 g/mol. The lowest BCUT2D eigenvalue weighted by atomic mass is 9.97. The van der Waals surface area contributed by atoms with E-state index in [9.17, 15) is 8.42 Å². The average Bonchev–Trinajstić information content (AvgIpc) is 2.67. The molecule has 1 aromatic carbocycles. The zero-order valence-electron chi connectivity index (χ0n) is 16.7. The van der Waals surface area contributed by atoms with Crippen LogP contribution in [0.5, 0.6) is 0 Å². The third-order valence-electron chi connectivity index (χ3n) is 4.61. The third-order valence-corrected chi connectivity index (χ3v) is 6.52. The zero-order chi connectivity index (χ0) is 19.7. The molecule has 1 aliphatic rings. The summed E-state index contributed by atoms with van der Waals surface area (Å²) in [4.78, 5) is 4.90. The molecule has 0 amide bonds. The maximum Gasteiger partial charge on any atom is 0.242 e. The molecule has 1 aliphatic carbocycles. The molecule has 27 heavy (non-hydrogen) atoms. The average molecular weight is 393 g/mol. The van der Waals surface area contributed by atoms with E-state index in [-0.39, 0.29) is 0 Å². The molecule has 0 spiro atoms. The maximum absolute atomic E-state index is 12.5. The van der Waals surface area contributed by atoms with Gasteiger partial charge in [-0.3, -0.25) is 0 Å². The summed E-state index contributed by atoms with van der Waals surface area (Å²) in [6.45, 7) is 3.91. The lowest BCUT2D eigenvalue weighted by Gasteiger charge is -2.16. The fourth-order valence-corrected chi connectivity index (χ4v) is 4.17. The predicted molar refractivity (Wildman–Crippen MR) is 111 cm³/mol. The largest absolute Gasteiger partial charge is 0.357 e. The maximum atomic E-state index is 12.5. The Kier molecular flexibility index (Phi) is 8.31. The van der Waals surface area contributed by atoms with Crippen molar-refractivity contribution in [2.24, 2.45) is 4.99 Å². The van der Waals surface area contributed by atoms with Crippen LogP contribution in [-0.4, -0.2) is 45.9 Å². The van der Waals surface area contributed by atoms with Gasteiger partial charge in [-0.25, -0.2) is 17.7 Å². The third kappa shape index (κ3) is 6.36. The van der Waals surface area contributed by atoms with Gasteiger partial charge >= 0.3 is 0 Å². The molecule has 0 unspecified atom stereocenters. The summed E-state index contributed by atoms with van der Waals surface area (Å²) < 4.78 is 26.3. The molecule has 150 valence electrons. The summed E-state index contributed by atoms with van der Waals surface area (Å²) in [5, 5.41) is 6.59. The summed E-state index contributed by atoms with van der Waals surface area (Å²) in [6, 6.07) is 7.03. The van der Waals surface area contributed by atoms with Gasteiger partial charge in [-0.1, -0.05) is 29.8 Å². The van der Waals surface area contributed by atoms with Crippen molar-refractivity contribution in [2.75, 3.05) is 27.2 Å². The van der Waals surface area contributed by atoms with Gasteiger partial charge in [0.05, 0.1) is 11.4 Å². The van der Waals surface area contributed by atoms with Gasteiger partial charge in [0.25, 0.3) is 0 Å². The summed E-state index contributed by atoms with van der Waals surface area (Å²) in [7, 11) is -0.398. The minimum Gasteiger partial charge on any atom is -0.357 e. The highest BCUT2D eigenvalue weighted by atomic mass is 32.2. The van der Waals surface area contributed by atoms with E-state index < -0.39 is 10.0 Å². The zero-order valence-corrected chi connectivity index (χ0v) is 17.5. The van der Waals surface area contributed by atoms with Crippen molar-refractivity contribution < 1.29 is 8.42 Å². The summed E-state index contributed by atoms with van der Waals surface area (Å²) in [6.07, 6.45) is 8.37. The van der Waals surface area contributed by atoms with E-state index in [4.69, 9.17) is 0 Å². The minimum absolute atomic E-state index is 0.307. The summed E-state index contributed by atoms with van der Waals surface area (Å²) in [5.74, 6) is 0.714. The fourth-order valence-electron chi connectivity index (χ4n) is 3.06. The number of guanidine groups is 1. The van der Waals surface area contributed by atoms with Crippen molar-refractivity contribution in [3.63, 3.8) is 0 Å². The SMILES string of the molecule is CCNC(=NCc1ccccc1S(=O)(=O)N(C)C)NCCC1=CCCCC1. The van der Waals surface area contributed by atoms with Gasteiger partial charge in [0, 0.05) is 27.2 Å². The molecule has 0 saturated carbocycles. The first-order chi connectivity index (χ1) is 12.9. The standard InChI is InChI=1S/C20H32N4O2S/c1-4-21-20(22-15-14-17-10-6-5-7-11-17)23-16-18-12-8-9-13-19(18)27(25,26)24(2)3/h8-10,12-13H,4-7,11,14-16H2,1-3H3,(H2,21,22,23). The normalized spacial score (nSPS) is 15.6. The van der Waals surface area contributed by atoms with Crippen LogP contribution >= 0.6 is 0 Å². The van der Waals surface area contributed by atoms with E-state index in [1.807, 2.05) is 19.1 Å². The molecule has 1 aromatic rings. The fraction of sp³-hybridized carbons (Fsp3) is 0.550. The van der Waals surface area contributed by atoms with E-state index in [1.54, 1.807) is 26.2 Å². The smallest absolute Gasteiger partial charge is 0.242 e. The number of nitrogens with zero attached hydrogens (tertiary/aromatic N) is 2. The van der Waals surface area contributed by atoms with E-state index in [0.717, 1.165) is 19.5 Å². The summed E-state index contributed by atoms with van der Waals surface area (Å²) in [5.41, 5.74) is 2.21. The molecule has 0 saturated heterocycles. The monoisotopic (exact) mass is 392 g/mol. The van der Waals surface area contributed by atoms with E-state index in [0.29, 0.717) is 23.0 Å². The Morgan fingerprint density at radius 3 is 2.63 bits per heavy atom. The number of nitrogens with one attached hydrogen (secondary N) is 2. The van der Waals surface area contributed by atoms with Crippen LogP contribution in [0.15, 0.2) is 45.8 Å². The molecule has 7 heteroatoms. The van der Waals surface area contributed by atoms with Crippen molar-refractivity contribution in [3.8, 4) is 0 Å². The van der Waals surface area contributed by atoms with Crippen LogP contribution in [0.3, 0.4) is 0 Å². The molecule has 0 aromatic heterocycles. The Morgan fingerprint density at radius 1 is 1.19 bits per heavy atom. The molecule has 0 bridgehead atoms. The second kappa shape index (κ2) is 10.5. The van der Waals surface area contributed by atoms with Gasteiger partial charge in [0.15, 0.2) is 5.96 Å². The van der Waals surface area contributed by atoms with Crippen LogP contribution in [0.2, 0.25) is 0 Å². The molecule has 0 atom stereocenters. The first-order valence-corrected chi connectivity index (χ1v) is 11.1. The van der Waals surface area contributed by atoms with Crippen LogP contribution in [0.4, 0.5) is 0 Å². The first-order valence-electron chi connectivity index (χ1n) is 9.65. The summed E-state index contributed by atoms with van der Waals surface area (Å²) >= 11 is 0. The highest BCUT2D eigenvalue weighted by Crippen LogP contribution is 2.20. The van der Waals surface area contributed by atoms with Crippen LogP contribution in [0.1, 0.15) is 44.6 Å². The molecule has 0 fully saturated rings. The lowest BCUT2D eigenvalue weighted by Crippen LogP contribution is -2.38. The van der Waals surface area contributed by atoms with Gasteiger partial charge in [-0.15, -0.1) is 0 Å². The van der Waals surface area contributed by atoms with E-state index in [2.05, 4.69) is 21.7 Å². The highest BCUT2D eigenvalue weighted by molar-refractivity contribution is 7.89. The number of allylic oxidation sites excluding steroid dienone is 1. The van der Waals surface area contributed by atoms with Gasteiger partial charge in [0.1, 0.15) is 0 Å².